The lowest BCUT2D eigenvalue weighted by molar-refractivity contribution is 0.0914. The molecular weight excluding hydrogens is 232 g/mol. The van der Waals surface area contributed by atoms with E-state index in [9.17, 15) is 4.79 Å². The van der Waals surface area contributed by atoms with Gasteiger partial charge in [-0.1, -0.05) is 48.0 Å². The van der Waals surface area contributed by atoms with Crippen LogP contribution in [-0.4, -0.2) is 5.78 Å². The molecule has 0 aliphatic heterocycles. The Morgan fingerprint density at radius 1 is 1.11 bits per heavy atom. The molecule has 0 heterocycles. The molecule has 2 unspecified atom stereocenters. The first-order chi connectivity index (χ1) is 9.21. The van der Waals surface area contributed by atoms with Crippen LogP contribution in [0.5, 0.6) is 0 Å². The fourth-order valence-electron chi connectivity index (χ4n) is 3.62. The highest BCUT2D eigenvalue weighted by atomic mass is 16.1. The van der Waals surface area contributed by atoms with E-state index in [1.54, 1.807) is 0 Å². The van der Waals surface area contributed by atoms with Gasteiger partial charge in [0.15, 0.2) is 5.78 Å². The van der Waals surface area contributed by atoms with E-state index in [0.29, 0.717) is 11.7 Å². The van der Waals surface area contributed by atoms with Gasteiger partial charge in [0.05, 0.1) is 0 Å². The fraction of sp³-hybridized carbons (Fsp3) is 0.278. The summed E-state index contributed by atoms with van der Waals surface area (Å²) < 4.78 is 0. The summed E-state index contributed by atoms with van der Waals surface area (Å²) in [6, 6.07) is 16.8. The number of hydrogen-bond acceptors (Lipinski definition) is 1. The van der Waals surface area contributed by atoms with Crippen molar-refractivity contribution in [1.82, 2.24) is 0 Å². The van der Waals surface area contributed by atoms with Crippen molar-refractivity contribution >= 4 is 5.78 Å². The van der Waals surface area contributed by atoms with Crippen molar-refractivity contribution in [3.8, 4) is 0 Å². The summed E-state index contributed by atoms with van der Waals surface area (Å²) in [4.78, 5) is 12.7. The summed E-state index contributed by atoms with van der Waals surface area (Å²) in [7, 11) is 0. The van der Waals surface area contributed by atoms with E-state index in [1.807, 2.05) is 6.07 Å². The lowest BCUT2D eigenvalue weighted by Gasteiger charge is -2.07. The molecule has 2 atom stereocenters. The number of ketones is 1. The van der Waals surface area contributed by atoms with Crippen LogP contribution in [0.3, 0.4) is 0 Å². The van der Waals surface area contributed by atoms with Crippen LogP contribution in [0, 0.1) is 12.3 Å². The van der Waals surface area contributed by atoms with Crippen LogP contribution >= 0.6 is 0 Å². The molecule has 2 aromatic carbocycles. The van der Waals surface area contributed by atoms with Crippen LogP contribution in [0.1, 0.15) is 39.4 Å². The Labute approximate surface area is 113 Å². The van der Waals surface area contributed by atoms with Gasteiger partial charge in [-0.05, 0) is 42.9 Å². The van der Waals surface area contributed by atoms with Crippen LogP contribution in [0.2, 0.25) is 0 Å². The molecule has 4 rings (SSSR count). The highest BCUT2D eigenvalue weighted by Gasteiger charge is 2.63. The monoisotopic (exact) mass is 248 g/mol. The topological polar surface area (TPSA) is 17.1 Å². The molecule has 19 heavy (non-hydrogen) atoms. The SMILES string of the molecule is Cc1ccc2c(c1)C(=O)C1(C2)CC1c1ccccc1. The fourth-order valence-corrected chi connectivity index (χ4v) is 3.62. The van der Waals surface area contributed by atoms with Gasteiger partial charge in [0.25, 0.3) is 0 Å². The van der Waals surface area contributed by atoms with Crippen molar-refractivity contribution in [2.75, 3.05) is 0 Å². The first-order valence-corrected chi connectivity index (χ1v) is 6.90. The highest BCUT2D eigenvalue weighted by Crippen LogP contribution is 2.65. The number of carbonyl (C=O) groups excluding carboxylic acids is 1. The number of rotatable bonds is 1. The number of carbonyl (C=O) groups is 1. The summed E-state index contributed by atoms with van der Waals surface area (Å²) in [5, 5.41) is 0. The number of hydrogen-bond donors (Lipinski definition) is 0. The number of benzene rings is 2. The summed E-state index contributed by atoms with van der Waals surface area (Å²) in [5.74, 6) is 0.800. The zero-order valence-electron chi connectivity index (χ0n) is 11.0. The average molecular weight is 248 g/mol. The number of aryl methyl sites for hydroxylation is 1. The van der Waals surface area contributed by atoms with E-state index in [2.05, 4.69) is 49.4 Å². The average Bonchev–Trinajstić information content (AvgIpc) is 3.10. The zero-order valence-corrected chi connectivity index (χ0v) is 11.0. The van der Waals surface area contributed by atoms with Crippen molar-refractivity contribution in [1.29, 1.82) is 0 Å². The minimum Gasteiger partial charge on any atom is -0.294 e. The molecule has 1 nitrogen and oxygen atoms in total. The number of fused-ring (bicyclic) bond motifs is 1. The van der Waals surface area contributed by atoms with Gasteiger partial charge in [0.2, 0.25) is 0 Å². The summed E-state index contributed by atoms with van der Waals surface area (Å²) in [6.45, 7) is 2.06. The summed E-state index contributed by atoms with van der Waals surface area (Å²) >= 11 is 0. The maximum atomic E-state index is 12.7. The quantitative estimate of drug-likeness (QED) is 0.748. The third-order valence-electron chi connectivity index (χ3n) is 4.75. The van der Waals surface area contributed by atoms with E-state index >= 15 is 0 Å². The Bertz CT molecular complexity index is 671. The van der Waals surface area contributed by atoms with Gasteiger partial charge < -0.3 is 0 Å². The largest absolute Gasteiger partial charge is 0.294 e. The Balaban J connectivity index is 1.72. The Hall–Kier alpha value is -1.89. The normalized spacial score (nSPS) is 27.6. The predicted octanol–water partition coefficient (Wildman–Crippen LogP) is 3.91. The third-order valence-corrected chi connectivity index (χ3v) is 4.75. The van der Waals surface area contributed by atoms with Gasteiger partial charge in [-0.3, -0.25) is 4.79 Å². The van der Waals surface area contributed by atoms with Crippen molar-refractivity contribution in [2.24, 2.45) is 5.41 Å². The molecule has 0 radical (unpaired) electrons. The second-order valence-corrected chi connectivity index (χ2v) is 5.99. The van der Waals surface area contributed by atoms with Crippen molar-refractivity contribution < 1.29 is 4.79 Å². The molecule has 1 fully saturated rings. The summed E-state index contributed by atoms with van der Waals surface area (Å²) in [5.41, 5.74) is 4.60. The van der Waals surface area contributed by atoms with E-state index in [1.165, 1.54) is 16.7 Å². The second-order valence-electron chi connectivity index (χ2n) is 5.99. The predicted molar refractivity (Wildman–Crippen MR) is 75.4 cm³/mol. The molecule has 1 saturated carbocycles. The smallest absolute Gasteiger partial charge is 0.170 e. The minimum atomic E-state index is -0.114. The van der Waals surface area contributed by atoms with Crippen molar-refractivity contribution in [3.05, 3.63) is 70.8 Å². The molecule has 2 aliphatic rings. The van der Waals surface area contributed by atoms with E-state index in [-0.39, 0.29) is 5.41 Å². The molecule has 0 N–H and O–H groups in total. The lowest BCUT2D eigenvalue weighted by atomic mass is 9.95. The van der Waals surface area contributed by atoms with Gasteiger partial charge in [-0.2, -0.15) is 0 Å². The van der Waals surface area contributed by atoms with Crippen molar-refractivity contribution in [2.45, 2.75) is 25.7 Å². The maximum absolute atomic E-state index is 12.7. The molecule has 94 valence electrons. The molecule has 2 aromatic rings. The number of Topliss-reactive ketones (excluding diaryl/α,β-unsaturated/α-hetero) is 1. The highest BCUT2D eigenvalue weighted by molar-refractivity contribution is 6.07. The van der Waals surface area contributed by atoms with E-state index in [4.69, 9.17) is 0 Å². The molecule has 0 aromatic heterocycles. The lowest BCUT2D eigenvalue weighted by Crippen LogP contribution is -2.12. The molecule has 0 saturated heterocycles. The van der Waals surface area contributed by atoms with E-state index < -0.39 is 0 Å². The van der Waals surface area contributed by atoms with Gasteiger partial charge in [0.1, 0.15) is 0 Å². The Morgan fingerprint density at radius 3 is 2.68 bits per heavy atom. The molecule has 1 heteroatoms. The second kappa shape index (κ2) is 3.57. The van der Waals surface area contributed by atoms with Crippen LogP contribution in [0.15, 0.2) is 48.5 Å². The van der Waals surface area contributed by atoms with Crippen LogP contribution in [0.4, 0.5) is 0 Å². The van der Waals surface area contributed by atoms with Crippen LogP contribution in [-0.2, 0) is 6.42 Å². The Kier molecular flexibility index (Phi) is 2.06. The van der Waals surface area contributed by atoms with Gasteiger partial charge in [0, 0.05) is 11.0 Å². The standard InChI is InChI=1S/C18H16O/c1-12-7-8-14-10-18(17(19)15(14)9-12)11-16(18)13-5-3-2-4-6-13/h2-9,16H,10-11H2,1H3. The zero-order chi connectivity index (χ0) is 13.0. The first-order valence-electron chi connectivity index (χ1n) is 6.90. The van der Waals surface area contributed by atoms with Crippen LogP contribution < -0.4 is 0 Å². The molecule has 1 spiro atoms. The molecule has 0 bridgehead atoms. The van der Waals surface area contributed by atoms with Gasteiger partial charge in [-0.25, -0.2) is 0 Å². The third kappa shape index (κ3) is 1.45. The molecule has 2 aliphatic carbocycles. The van der Waals surface area contributed by atoms with Crippen molar-refractivity contribution in [3.63, 3.8) is 0 Å². The minimum absolute atomic E-state index is 0.114. The summed E-state index contributed by atoms with van der Waals surface area (Å²) in [6.07, 6.45) is 1.95. The first kappa shape index (κ1) is 11.0. The van der Waals surface area contributed by atoms with Gasteiger partial charge >= 0.3 is 0 Å². The molecular formula is C18H16O. The van der Waals surface area contributed by atoms with E-state index in [0.717, 1.165) is 18.4 Å². The Morgan fingerprint density at radius 2 is 1.89 bits per heavy atom. The van der Waals surface area contributed by atoms with Crippen LogP contribution in [0.25, 0.3) is 0 Å². The maximum Gasteiger partial charge on any atom is 0.170 e. The molecule has 0 amide bonds. The van der Waals surface area contributed by atoms with Gasteiger partial charge in [-0.15, -0.1) is 0 Å².